The van der Waals surface area contributed by atoms with Crippen molar-refractivity contribution in [3.8, 4) is 0 Å². The molecule has 21 heavy (non-hydrogen) atoms. The SMILES string of the molecule is CC(C)=CCC[C@H](C)CCOC(C)C(=O)c1ccccc1. The second-order valence-corrected chi connectivity index (χ2v) is 6.00. The first-order valence-electron chi connectivity index (χ1n) is 7.85. The van der Waals surface area contributed by atoms with Gasteiger partial charge >= 0.3 is 0 Å². The molecule has 0 aliphatic carbocycles. The molecular weight excluding hydrogens is 260 g/mol. The van der Waals surface area contributed by atoms with E-state index in [0.29, 0.717) is 12.5 Å². The molecule has 116 valence electrons. The monoisotopic (exact) mass is 288 g/mol. The highest BCUT2D eigenvalue weighted by Gasteiger charge is 2.15. The zero-order chi connectivity index (χ0) is 15.7. The van der Waals surface area contributed by atoms with Crippen molar-refractivity contribution >= 4 is 5.78 Å². The van der Waals surface area contributed by atoms with E-state index in [9.17, 15) is 4.79 Å². The standard InChI is InChI=1S/C19H28O2/c1-15(2)9-8-10-16(3)13-14-21-17(4)19(20)18-11-6-5-7-12-18/h5-7,9,11-12,16-17H,8,10,13-14H2,1-4H3/t16-,17?/m0/s1. The molecule has 0 fully saturated rings. The lowest BCUT2D eigenvalue weighted by atomic mass is 10.0. The van der Waals surface area contributed by atoms with E-state index in [4.69, 9.17) is 4.74 Å². The van der Waals surface area contributed by atoms with Crippen LogP contribution in [0.15, 0.2) is 42.0 Å². The number of allylic oxidation sites excluding steroid dienone is 2. The van der Waals surface area contributed by atoms with Crippen molar-refractivity contribution in [1.82, 2.24) is 0 Å². The number of benzene rings is 1. The average molecular weight is 288 g/mol. The summed E-state index contributed by atoms with van der Waals surface area (Å²) in [4.78, 5) is 12.1. The van der Waals surface area contributed by atoms with Gasteiger partial charge in [0.1, 0.15) is 6.10 Å². The van der Waals surface area contributed by atoms with E-state index in [1.807, 2.05) is 37.3 Å². The van der Waals surface area contributed by atoms with Crippen molar-refractivity contribution in [2.45, 2.75) is 53.1 Å². The maximum atomic E-state index is 12.1. The second kappa shape index (κ2) is 9.51. The van der Waals surface area contributed by atoms with Gasteiger partial charge in [-0.2, -0.15) is 0 Å². The number of Topliss-reactive ketones (excluding diaryl/α,β-unsaturated/α-hetero) is 1. The molecule has 0 radical (unpaired) electrons. The molecule has 0 amide bonds. The fourth-order valence-electron chi connectivity index (χ4n) is 2.16. The Balaban J connectivity index is 2.25. The summed E-state index contributed by atoms with van der Waals surface area (Å²) in [6.07, 6.45) is 5.22. The Hall–Kier alpha value is -1.41. The molecule has 0 spiro atoms. The Morgan fingerprint density at radius 1 is 1.14 bits per heavy atom. The van der Waals surface area contributed by atoms with E-state index < -0.39 is 0 Å². The third-order valence-corrected chi connectivity index (χ3v) is 3.62. The molecule has 0 aliphatic heterocycles. The topological polar surface area (TPSA) is 26.3 Å². The maximum absolute atomic E-state index is 12.1. The maximum Gasteiger partial charge on any atom is 0.191 e. The molecule has 0 aromatic heterocycles. The van der Waals surface area contributed by atoms with E-state index >= 15 is 0 Å². The molecule has 0 heterocycles. The van der Waals surface area contributed by atoms with Gasteiger partial charge in [-0.3, -0.25) is 4.79 Å². The summed E-state index contributed by atoms with van der Waals surface area (Å²) in [5.41, 5.74) is 2.10. The van der Waals surface area contributed by atoms with E-state index in [2.05, 4.69) is 26.8 Å². The Kier molecular flexibility index (Phi) is 7.99. The fraction of sp³-hybridized carbons (Fsp3) is 0.526. The summed E-state index contributed by atoms with van der Waals surface area (Å²) in [6, 6.07) is 9.35. The van der Waals surface area contributed by atoms with Crippen LogP contribution in [0, 0.1) is 5.92 Å². The molecular formula is C19H28O2. The summed E-state index contributed by atoms with van der Waals surface area (Å²) >= 11 is 0. The molecule has 0 saturated heterocycles. The highest BCUT2D eigenvalue weighted by molar-refractivity contribution is 5.99. The van der Waals surface area contributed by atoms with Crippen LogP contribution in [-0.2, 0) is 4.74 Å². The van der Waals surface area contributed by atoms with Gasteiger partial charge in [-0.1, -0.05) is 48.9 Å². The molecule has 0 saturated carbocycles. The summed E-state index contributed by atoms with van der Waals surface area (Å²) in [6.45, 7) is 8.99. The molecule has 1 unspecified atom stereocenters. The van der Waals surface area contributed by atoms with Crippen molar-refractivity contribution in [2.75, 3.05) is 6.61 Å². The minimum atomic E-state index is -0.364. The van der Waals surface area contributed by atoms with Gasteiger partial charge < -0.3 is 4.74 Å². The lowest BCUT2D eigenvalue weighted by Gasteiger charge is -2.15. The molecule has 1 rings (SSSR count). The molecule has 1 aromatic carbocycles. The van der Waals surface area contributed by atoms with E-state index in [1.54, 1.807) is 0 Å². The van der Waals surface area contributed by atoms with Gasteiger partial charge in [0, 0.05) is 12.2 Å². The number of rotatable bonds is 9. The molecule has 2 heteroatoms. The lowest BCUT2D eigenvalue weighted by Crippen LogP contribution is -2.22. The molecule has 0 bridgehead atoms. The smallest absolute Gasteiger partial charge is 0.191 e. The normalized spacial score (nSPS) is 13.5. The molecule has 1 aromatic rings. The van der Waals surface area contributed by atoms with Gasteiger partial charge in [-0.05, 0) is 46.0 Å². The molecule has 2 nitrogen and oxygen atoms in total. The first-order valence-corrected chi connectivity index (χ1v) is 7.85. The van der Waals surface area contributed by atoms with Crippen LogP contribution in [0.4, 0.5) is 0 Å². The number of carbonyl (C=O) groups is 1. The number of hydrogen-bond acceptors (Lipinski definition) is 2. The van der Waals surface area contributed by atoms with Crippen molar-refractivity contribution in [3.63, 3.8) is 0 Å². The predicted molar refractivity (Wildman–Crippen MR) is 88.6 cm³/mol. The fourth-order valence-corrected chi connectivity index (χ4v) is 2.16. The summed E-state index contributed by atoms with van der Waals surface area (Å²) in [5.74, 6) is 0.687. The Morgan fingerprint density at radius 3 is 2.43 bits per heavy atom. The van der Waals surface area contributed by atoms with Gasteiger partial charge in [-0.25, -0.2) is 0 Å². The number of carbonyl (C=O) groups excluding carboxylic acids is 1. The van der Waals surface area contributed by atoms with Gasteiger partial charge in [0.25, 0.3) is 0 Å². The molecule has 0 aliphatic rings. The third-order valence-electron chi connectivity index (χ3n) is 3.62. The van der Waals surface area contributed by atoms with Gasteiger partial charge in [-0.15, -0.1) is 0 Å². The first kappa shape index (κ1) is 17.6. The Bertz CT molecular complexity index is 444. The van der Waals surface area contributed by atoms with Crippen LogP contribution in [0.25, 0.3) is 0 Å². The summed E-state index contributed by atoms with van der Waals surface area (Å²) < 4.78 is 5.69. The van der Waals surface area contributed by atoms with Crippen LogP contribution in [0.1, 0.15) is 57.3 Å². The van der Waals surface area contributed by atoms with E-state index in [1.165, 1.54) is 12.0 Å². The highest BCUT2D eigenvalue weighted by atomic mass is 16.5. The van der Waals surface area contributed by atoms with Crippen LogP contribution in [-0.4, -0.2) is 18.5 Å². The minimum absolute atomic E-state index is 0.0628. The van der Waals surface area contributed by atoms with Gasteiger partial charge in [0.05, 0.1) is 0 Å². The third kappa shape index (κ3) is 7.24. The lowest BCUT2D eigenvalue weighted by molar-refractivity contribution is 0.0435. The number of ether oxygens (including phenoxy) is 1. The number of ketones is 1. The summed E-state index contributed by atoms with van der Waals surface area (Å²) in [7, 11) is 0. The quantitative estimate of drug-likeness (QED) is 0.469. The average Bonchev–Trinajstić information content (AvgIpc) is 2.46. The van der Waals surface area contributed by atoms with Crippen molar-refractivity contribution in [1.29, 1.82) is 0 Å². The van der Waals surface area contributed by atoms with Crippen LogP contribution >= 0.6 is 0 Å². The minimum Gasteiger partial charge on any atom is -0.370 e. The largest absolute Gasteiger partial charge is 0.370 e. The van der Waals surface area contributed by atoms with Crippen LogP contribution in [0.5, 0.6) is 0 Å². The van der Waals surface area contributed by atoms with Crippen molar-refractivity contribution in [3.05, 3.63) is 47.5 Å². The van der Waals surface area contributed by atoms with Crippen molar-refractivity contribution < 1.29 is 9.53 Å². The summed E-state index contributed by atoms with van der Waals surface area (Å²) in [5, 5.41) is 0. The zero-order valence-corrected chi connectivity index (χ0v) is 13.8. The zero-order valence-electron chi connectivity index (χ0n) is 13.8. The van der Waals surface area contributed by atoms with Crippen molar-refractivity contribution in [2.24, 2.45) is 5.92 Å². The Morgan fingerprint density at radius 2 is 1.81 bits per heavy atom. The van der Waals surface area contributed by atoms with Gasteiger partial charge in [0.15, 0.2) is 5.78 Å². The van der Waals surface area contributed by atoms with E-state index in [0.717, 1.165) is 18.4 Å². The Labute approximate surface area is 129 Å². The molecule has 2 atom stereocenters. The predicted octanol–water partition coefficient (Wildman–Crippen LogP) is 5.05. The molecule has 0 N–H and O–H groups in total. The number of hydrogen-bond donors (Lipinski definition) is 0. The first-order chi connectivity index (χ1) is 10.0. The van der Waals surface area contributed by atoms with Gasteiger partial charge in [0.2, 0.25) is 0 Å². The van der Waals surface area contributed by atoms with Crippen LogP contribution in [0.2, 0.25) is 0 Å². The van der Waals surface area contributed by atoms with E-state index in [-0.39, 0.29) is 11.9 Å². The van der Waals surface area contributed by atoms with Crippen LogP contribution < -0.4 is 0 Å². The van der Waals surface area contributed by atoms with Crippen LogP contribution in [0.3, 0.4) is 0 Å². The highest BCUT2D eigenvalue weighted by Crippen LogP contribution is 2.13. The second-order valence-electron chi connectivity index (χ2n) is 6.00.